The van der Waals surface area contributed by atoms with E-state index >= 15 is 0 Å². The standard InChI is InChI=1S/C12H14FNO3/c13-9-4-8(5-10(14)6-9)12(15)17-7-11-2-1-3-16-11/h4-6,11H,1-3,7,14H2. The van der Waals surface area contributed by atoms with Gasteiger partial charge in [-0.3, -0.25) is 0 Å². The normalized spacial score (nSPS) is 19.2. The molecular weight excluding hydrogens is 225 g/mol. The number of hydrogen-bond donors (Lipinski definition) is 1. The summed E-state index contributed by atoms with van der Waals surface area (Å²) in [6, 6.07) is 3.64. The van der Waals surface area contributed by atoms with Gasteiger partial charge in [0.05, 0.1) is 11.7 Å². The molecule has 1 heterocycles. The Morgan fingerprint density at radius 2 is 2.35 bits per heavy atom. The SMILES string of the molecule is Nc1cc(F)cc(C(=O)OCC2CCCO2)c1. The second-order valence-electron chi connectivity index (χ2n) is 4.01. The minimum Gasteiger partial charge on any atom is -0.459 e. The number of esters is 1. The molecule has 0 spiro atoms. The van der Waals surface area contributed by atoms with E-state index in [1.165, 1.54) is 6.07 Å². The van der Waals surface area contributed by atoms with Crippen molar-refractivity contribution >= 4 is 11.7 Å². The Bertz CT molecular complexity index is 396. The molecule has 1 aromatic carbocycles. The molecule has 1 saturated heterocycles. The Labute approximate surface area is 98.5 Å². The fourth-order valence-electron chi connectivity index (χ4n) is 1.76. The molecule has 0 radical (unpaired) electrons. The second-order valence-corrected chi connectivity index (χ2v) is 4.01. The lowest BCUT2D eigenvalue weighted by molar-refractivity contribution is 0.0161. The van der Waals surface area contributed by atoms with Crippen LogP contribution in [0.1, 0.15) is 23.2 Å². The molecule has 1 fully saturated rings. The molecule has 0 amide bonds. The van der Waals surface area contributed by atoms with Gasteiger partial charge in [0.1, 0.15) is 12.4 Å². The smallest absolute Gasteiger partial charge is 0.338 e. The van der Waals surface area contributed by atoms with Crippen LogP contribution in [0.2, 0.25) is 0 Å². The summed E-state index contributed by atoms with van der Waals surface area (Å²) in [6.45, 7) is 0.907. The molecule has 1 unspecified atom stereocenters. The summed E-state index contributed by atoms with van der Waals surface area (Å²) in [6.07, 6.45) is 1.83. The quantitative estimate of drug-likeness (QED) is 0.644. The Hall–Kier alpha value is -1.62. The first-order chi connectivity index (χ1) is 8.15. The molecule has 0 aromatic heterocycles. The molecule has 1 aliphatic heterocycles. The zero-order valence-corrected chi connectivity index (χ0v) is 9.32. The second kappa shape index (κ2) is 5.14. The van der Waals surface area contributed by atoms with Gasteiger partial charge in [-0.25, -0.2) is 9.18 Å². The largest absolute Gasteiger partial charge is 0.459 e. The van der Waals surface area contributed by atoms with Gasteiger partial charge in [-0.15, -0.1) is 0 Å². The van der Waals surface area contributed by atoms with E-state index in [0.29, 0.717) is 6.61 Å². The molecule has 1 aliphatic rings. The topological polar surface area (TPSA) is 61.6 Å². The number of carbonyl (C=O) groups is 1. The molecule has 2 N–H and O–H groups in total. The van der Waals surface area contributed by atoms with Crippen LogP contribution in [0.4, 0.5) is 10.1 Å². The van der Waals surface area contributed by atoms with Gasteiger partial charge >= 0.3 is 5.97 Å². The summed E-state index contributed by atoms with van der Waals surface area (Å²) in [5.41, 5.74) is 5.77. The number of halogens is 1. The number of rotatable bonds is 3. The van der Waals surface area contributed by atoms with Crippen molar-refractivity contribution in [3.05, 3.63) is 29.6 Å². The maximum atomic E-state index is 13.0. The number of nitrogen functional groups attached to an aromatic ring is 1. The van der Waals surface area contributed by atoms with Crippen molar-refractivity contribution in [1.29, 1.82) is 0 Å². The molecule has 2 rings (SSSR count). The number of hydrogen-bond acceptors (Lipinski definition) is 4. The van der Waals surface area contributed by atoms with Crippen LogP contribution in [0.5, 0.6) is 0 Å². The van der Waals surface area contributed by atoms with Crippen molar-refractivity contribution in [3.63, 3.8) is 0 Å². The zero-order valence-electron chi connectivity index (χ0n) is 9.32. The molecule has 0 saturated carbocycles. The first-order valence-corrected chi connectivity index (χ1v) is 5.50. The minimum atomic E-state index is -0.577. The summed E-state index contributed by atoms with van der Waals surface area (Å²) < 4.78 is 23.4. The van der Waals surface area contributed by atoms with Gasteiger partial charge in [0.15, 0.2) is 0 Å². The van der Waals surface area contributed by atoms with Crippen molar-refractivity contribution in [2.24, 2.45) is 0 Å². The van der Waals surface area contributed by atoms with Gasteiger partial charge in [0.2, 0.25) is 0 Å². The van der Waals surface area contributed by atoms with E-state index in [0.717, 1.165) is 25.0 Å². The van der Waals surface area contributed by atoms with Crippen molar-refractivity contribution in [2.45, 2.75) is 18.9 Å². The average Bonchev–Trinajstić information content (AvgIpc) is 2.77. The highest BCUT2D eigenvalue weighted by molar-refractivity contribution is 5.90. The van der Waals surface area contributed by atoms with Crippen LogP contribution in [-0.2, 0) is 9.47 Å². The molecule has 1 aromatic rings. The highest BCUT2D eigenvalue weighted by Crippen LogP contribution is 2.15. The summed E-state index contributed by atoms with van der Waals surface area (Å²) in [4.78, 5) is 11.6. The highest BCUT2D eigenvalue weighted by Gasteiger charge is 2.18. The summed E-state index contributed by atoms with van der Waals surface area (Å²) in [5.74, 6) is -1.12. The van der Waals surface area contributed by atoms with Crippen LogP contribution >= 0.6 is 0 Å². The van der Waals surface area contributed by atoms with Gasteiger partial charge in [0, 0.05) is 12.3 Å². The maximum Gasteiger partial charge on any atom is 0.338 e. The van der Waals surface area contributed by atoms with Crippen molar-refractivity contribution in [3.8, 4) is 0 Å². The van der Waals surface area contributed by atoms with Gasteiger partial charge in [-0.05, 0) is 31.0 Å². The fourth-order valence-corrected chi connectivity index (χ4v) is 1.76. The summed E-state index contributed by atoms with van der Waals surface area (Å²) in [5, 5.41) is 0. The Balaban J connectivity index is 1.94. The first-order valence-electron chi connectivity index (χ1n) is 5.50. The summed E-state index contributed by atoms with van der Waals surface area (Å²) >= 11 is 0. The van der Waals surface area contributed by atoms with E-state index in [4.69, 9.17) is 15.2 Å². The van der Waals surface area contributed by atoms with Gasteiger partial charge in [-0.2, -0.15) is 0 Å². The number of ether oxygens (including phenoxy) is 2. The third-order valence-corrected chi connectivity index (χ3v) is 2.58. The molecule has 92 valence electrons. The maximum absolute atomic E-state index is 13.0. The predicted octanol–water partition coefficient (Wildman–Crippen LogP) is 1.74. The Kier molecular flexibility index (Phi) is 3.58. The van der Waals surface area contributed by atoms with Crippen LogP contribution in [0.15, 0.2) is 18.2 Å². The Morgan fingerprint density at radius 3 is 3.00 bits per heavy atom. The average molecular weight is 239 g/mol. The van der Waals surface area contributed by atoms with Gasteiger partial charge in [-0.1, -0.05) is 0 Å². The lowest BCUT2D eigenvalue weighted by Crippen LogP contribution is -2.18. The molecule has 4 nitrogen and oxygen atoms in total. The highest BCUT2D eigenvalue weighted by atomic mass is 19.1. The number of benzene rings is 1. The van der Waals surface area contributed by atoms with Crippen molar-refractivity contribution in [1.82, 2.24) is 0 Å². The predicted molar refractivity (Wildman–Crippen MR) is 60.1 cm³/mol. The molecule has 17 heavy (non-hydrogen) atoms. The van der Waals surface area contributed by atoms with Gasteiger partial charge < -0.3 is 15.2 Å². The summed E-state index contributed by atoms with van der Waals surface area (Å²) in [7, 11) is 0. The zero-order chi connectivity index (χ0) is 12.3. The molecule has 0 bridgehead atoms. The van der Waals surface area contributed by atoms with Crippen molar-refractivity contribution in [2.75, 3.05) is 18.9 Å². The van der Waals surface area contributed by atoms with Crippen molar-refractivity contribution < 1.29 is 18.7 Å². The fraction of sp³-hybridized carbons (Fsp3) is 0.417. The lowest BCUT2D eigenvalue weighted by atomic mass is 10.2. The van der Waals surface area contributed by atoms with Crippen LogP contribution in [-0.4, -0.2) is 25.3 Å². The number of anilines is 1. The van der Waals surface area contributed by atoms with E-state index in [1.54, 1.807) is 0 Å². The first kappa shape index (κ1) is 11.9. The van der Waals surface area contributed by atoms with E-state index in [2.05, 4.69) is 0 Å². The Morgan fingerprint density at radius 1 is 1.53 bits per heavy atom. The van der Waals surface area contributed by atoms with Crippen LogP contribution in [0.3, 0.4) is 0 Å². The number of carbonyl (C=O) groups excluding carboxylic acids is 1. The van der Waals surface area contributed by atoms with E-state index < -0.39 is 11.8 Å². The van der Waals surface area contributed by atoms with E-state index in [1.807, 2.05) is 0 Å². The van der Waals surface area contributed by atoms with Crippen LogP contribution < -0.4 is 5.73 Å². The van der Waals surface area contributed by atoms with Gasteiger partial charge in [0.25, 0.3) is 0 Å². The van der Waals surface area contributed by atoms with E-state index in [9.17, 15) is 9.18 Å². The third-order valence-electron chi connectivity index (χ3n) is 2.58. The van der Waals surface area contributed by atoms with Crippen LogP contribution in [0, 0.1) is 5.82 Å². The lowest BCUT2D eigenvalue weighted by Gasteiger charge is -2.10. The van der Waals surface area contributed by atoms with Crippen LogP contribution in [0.25, 0.3) is 0 Å². The number of nitrogens with two attached hydrogens (primary N) is 1. The monoisotopic (exact) mass is 239 g/mol. The molecular formula is C12H14FNO3. The van der Waals surface area contributed by atoms with E-state index in [-0.39, 0.29) is 24.0 Å². The molecule has 5 heteroatoms. The molecule has 0 aliphatic carbocycles. The third kappa shape index (κ3) is 3.17. The minimum absolute atomic E-state index is 0.0372. The molecule has 1 atom stereocenters.